The van der Waals surface area contributed by atoms with Gasteiger partial charge in [0.05, 0.1) is 27.7 Å². The number of halogens is 1. The van der Waals surface area contributed by atoms with Crippen molar-refractivity contribution in [3.63, 3.8) is 0 Å². The number of nitrogens with two attached hydrogens (primary N) is 1. The van der Waals surface area contributed by atoms with Crippen molar-refractivity contribution in [2.75, 3.05) is 5.32 Å². The number of aromatic nitrogens is 1. The average molecular weight is 451 g/mol. The smallest absolute Gasteiger partial charge is 0.242 e. The molecule has 0 unspecified atom stereocenters. The van der Waals surface area contributed by atoms with Crippen LogP contribution in [0.2, 0.25) is 0 Å². The summed E-state index contributed by atoms with van der Waals surface area (Å²) in [7, 11) is 0. The Kier molecular flexibility index (Phi) is 6.63. The molecule has 6 nitrogen and oxygen atoms in total. The number of hydrogen-bond acceptors (Lipinski definition) is 7. The largest absolute Gasteiger partial charge is 0.437 e. The van der Waals surface area contributed by atoms with Gasteiger partial charge in [-0.25, -0.2) is 14.4 Å². The summed E-state index contributed by atoms with van der Waals surface area (Å²) in [4.78, 5) is 8.67. The highest BCUT2D eigenvalue weighted by atomic mass is 32.1. The van der Waals surface area contributed by atoms with E-state index in [9.17, 15) is 9.50 Å². The molecule has 1 heterocycles. The van der Waals surface area contributed by atoms with Crippen molar-refractivity contribution in [2.24, 2.45) is 10.7 Å². The van der Waals surface area contributed by atoms with Gasteiger partial charge in [-0.3, -0.25) is 0 Å². The van der Waals surface area contributed by atoms with Gasteiger partial charge < -0.3 is 20.9 Å². The van der Waals surface area contributed by atoms with Gasteiger partial charge in [-0.1, -0.05) is 42.2 Å². The zero-order chi connectivity index (χ0) is 22.5. The van der Waals surface area contributed by atoms with E-state index in [1.165, 1.54) is 29.7 Å². The molecule has 0 amide bonds. The Morgan fingerprint density at radius 1 is 1.34 bits per heavy atom. The quantitative estimate of drug-likeness (QED) is 0.330. The number of para-hydroxylation sites is 1. The van der Waals surface area contributed by atoms with E-state index in [0.717, 1.165) is 22.2 Å². The van der Waals surface area contributed by atoms with Crippen molar-refractivity contribution in [1.82, 2.24) is 4.98 Å². The number of anilines is 2. The molecule has 2 aromatic carbocycles. The molecule has 1 aliphatic carbocycles. The van der Waals surface area contributed by atoms with Gasteiger partial charge in [-0.05, 0) is 49.1 Å². The van der Waals surface area contributed by atoms with Crippen molar-refractivity contribution in [3.05, 3.63) is 84.2 Å². The van der Waals surface area contributed by atoms with Crippen LogP contribution in [0.5, 0.6) is 5.75 Å². The molecular formula is C24H23FN4O2S. The van der Waals surface area contributed by atoms with Gasteiger partial charge >= 0.3 is 0 Å². The Morgan fingerprint density at radius 2 is 2.19 bits per heavy atom. The van der Waals surface area contributed by atoms with E-state index < -0.39 is 11.9 Å². The number of allylic oxidation sites excluding steroid dienone is 2. The maximum Gasteiger partial charge on any atom is 0.242 e. The van der Waals surface area contributed by atoms with E-state index in [1.807, 2.05) is 24.3 Å². The van der Waals surface area contributed by atoms with Crippen LogP contribution in [-0.2, 0) is 0 Å². The fraction of sp³-hybridized carbons (Fsp3) is 0.167. The Labute approximate surface area is 189 Å². The molecule has 0 saturated heterocycles. The van der Waals surface area contributed by atoms with E-state index in [0.29, 0.717) is 23.7 Å². The number of fused-ring (bicyclic) bond motifs is 1. The summed E-state index contributed by atoms with van der Waals surface area (Å²) in [5.41, 5.74) is 8.46. The van der Waals surface area contributed by atoms with Gasteiger partial charge in [-0.2, -0.15) is 0 Å². The Morgan fingerprint density at radius 3 is 2.94 bits per heavy atom. The minimum atomic E-state index is -0.549. The third-order valence-electron chi connectivity index (χ3n) is 4.90. The fourth-order valence-electron chi connectivity index (χ4n) is 3.35. The average Bonchev–Trinajstić information content (AvgIpc) is 3.20. The topological polar surface area (TPSA) is 92.8 Å². The lowest BCUT2D eigenvalue weighted by molar-refractivity contribution is 0.202. The summed E-state index contributed by atoms with van der Waals surface area (Å²) < 4.78 is 21.6. The number of aliphatic imine (C=N–C) groups is 1. The van der Waals surface area contributed by atoms with E-state index in [-0.39, 0.29) is 17.3 Å². The minimum Gasteiger partial charge on any atom is -0.437 e. The number of aliphatic hydroxyl groups excluding tert-OH is 1. The molecule has 164 valence electrons. The first-order valence-corrected chi connectivity index (χ1v) is 11.0. The van der Waals surface area contributed by atoms with Crippen LogP contribution in [0.3, 0.4) is 0 Å². The predicted octanol–water partition coefficient (Wildman–Crippen LogP) is 5.41. The summed E-state index contributed by atoms with van der Waals surface area (Å²) in [6.45, 7) is 3.61. The number of nitrogens with one attached hydrogen (secondary N) is 1. The van der Waals surface area contributed by atoms with Gasteiger partial charge in [0, 0.05) is 12.3 Å². The van der Waals surface area contributed by atoms with Crippen LogP contribution in [0.4, 0.5) is 15.2 Å². The van der Waals surface area contributed by atoms with Gasteiger partial charge in [0.1, 0.15) is 11.6 Å². The first-order chi connectivity index (χ1) is 15.5. The second-order valence-corrected chi connectivity index (χ2v) is 8.27. The van der Waals surface area contributed by atoms with Crippen LogP contribution < -0.4 is 15.8 Å². The van der Waals surface area contributed by atoms with Crippen LogP contribution in [0.1, 0.15) is 19.3 Å². The van der Waals surface area contributed by atoms with Gasteiger partial charge in [-0.15, -0.1) is 0 Å². The second kappa shape index (κ2) is 9.76. The van der Waals surface area contributed by atoms with Crippen molar-refractivity contribution < 1.29 is 14.2 Å². The standard InChI is InChI=1S/C24H23FN4O2S/c1-2-12-27-23(22(26)15-6-5-7-16(30)13-15)31-17-10-11-19(18(25)14-17)28-24-29-20-8-3-4-9-21(20)32-24/h2-4,8-14,16,30H,1,5-7,26H2,(H,28,29)/b23-22+,27-12-/t16-/m1/s1. The molecular weight excluding hydrogens is 427 g/mol. The molecule has 0 aliphatic heterocycles. The molecule has 0 bridgehead atoms. The molecule has 3 aromatic rings. The number of rotatable bonds is 7. The molecule has 4 rings (SSSR count). The summed E-state index contributed by atoms with van der Waals surface area (Å²) in [6.07, 6.45) is 6.31. The zero-order valence-corrected chi connectivity index (χ0v) is 18.1. The van der Waals surface area contributed by atoms with Crippen LogP contribution in [-0.4, -0.2) is 22.4 Å². The molecule has 4 N–H and O–H groups in total. The lowest BCUT2D eigenvalue weighted by atomic mass is 9.95. The van der Waals surface area contributed by atoms with E-state index >= 15 is 0 Å². The number of hydrogen-bond donors (Lipinski definition) is 3. The summed E-state index contributed by atoms with van der Waals surface area (Å²) in [5, 5.41) is 13.5. The van der Waals surface area contributed by atoms with Crippen molar-refractivity contribution >= 4 is 38.6 Å². The molecule has 0 spiro atoms. The Bertz CT molecular complexity index is 1200. The first-order valence-electron chi connectivity index (χ1n) is 10.2. The van der Waals surface area contributed by atoms with Crippen LogP contribution in [0.15, 0.2) is 83.3 Å². The van der Waals surface area contributed by atoms with Gasteiger partial charge in [0.2, 0.25) is 5.88 Å². The Hall–Kier alpha value is -3.49. The van der Waals surface area contributed by atoms with Gasteiger partial charge in [0.15, 0.2) is 5.13 Å². The summed E-state index contributed by atoms with van der Waals surface area (Å²) >= 11 is 1.45. The van der Waals surface area contributed by atoms with Crippen molar-refractivity contribution in [2.45, 2.75) is 25.4 Å². The number of thiazole rings is 1. The zero-order valence-electron chi connectivity index (χ0n) is 17.3. The van der Waals surface area contributed by atoms with Crippen LogP contribution in [0.25, 0.3) is 10.2 Å². The molecule has 0 fully saturated rings. The SMILES string of the molecule is C=C/C=N\C(Oc1ccc(Nc2nc3ccccc3s2)c(F)c1)=C(/N)C1=C[C@H](O)CCC1. The lowest BCUT2D eigenvalue weighted by Crippen LogP contribution is -2.16. The molecule has 1 aliphatic rings. The summed E-state index contributed by atoms with van der Waals surface area (Å²) in [6, 6.07) is 12.2. The molecule has 1 atom stereocenters. The first kappa shape index (κ1) is 21.7. The fourth-order valence-corrected chi connectivity index (χ4v) is 4.22. The van der Waals surface area contributed by atoms with Crippen LogP contribution in [0, 0.1) is 5.82 Å². The summed E-state index contributed by atoms with van der Waals surface area (Å²) in [5.74, 6) is -0.135. The van der Waals surface area contributed by atoms with Gasteiger partial charge in [0.25, 0.3) is 0 Å². The predicted molar refractivity (Wildman–Crippen MR) is 128 cm³/mol. The normalized spacial score (nSPS) is 17.2. The number of aliphatic hydroxyl groups is 1. The number of nitrogens with zero attached hydrogens (tertiary/aromatic N) is 2. The third-order valence-corrected chi connectivity index (χ3v) is 5.86. The highest BCUT2D eigenvalue weighted by molar-refractivity contribution is 7.22. The van der Waals surface area contributed by atoms with E-state index in [1.54, 1.807) is 18.2 Å². The highest BCUT2D eigenvalue weighted by Crippen LogP contribution is 2.31. The molecule has 0 radical (unpaired) electrons. The van der Waals surface area contributed by atoms with Crippen molar-refractivity contribution in [3.8, 4) is 5.75 Å². The van der Waals surface area contributed by atoms with E-state index in [2.05, 4.69) is 21.9 Å². The van der Waals surface area contributed by atoms with Crippen LogP contribution >= 0.6 is 11.3 Å². The molecule has 32 heavy (non-hydrogen) atoms. The second-order valence-electron chi connectivity index (χ2n) is 7.24. The molecule has 1 aromatic heterocycles. The minimum absolute atomic E-state index is 0.122. The number of benzene rings is 2. The molecule has 0 saturated carbocycles. The maximum atomic E-state index is 14.8. The number of ether oxygens (including phenoxy) is 1. The van der Waals surface area contributed by atoms with E-state index in [4.69, 9.17) is 10.5 Å². The Balaban J connectivity index is 1.57. The third kappa shape index (κ3) is 5.04. The molecule has 8 heteroatoms. The maximum absolute atomic E-state index is 14.8. The highest BCUT2D eigenvalue weighted by Gasteiger charge is 2.17. The monoisotopic (exact) mass is 450 g/mol. The van der Waals surface area contributed by atoms with Crippen molar-refractivity contribution in [1.29, 1.82) is 0 Å². The lowest BCUT2D eigenvalue weighted by Gasteiger charge is -2.18.